The maximum atomic E-state index is 13.6. The predicted molar refractivity (Wildman–Crippen MR) is 57.0 cm³/mol. The Hall–Kier alpha value is -1.13. The lowest BCUT2D eigenvalue weighted by Gasteiger charge is -2.15. The molecule has 0 radical (unpaired) electrons. The molecule has 0 aliphatic heterocycles. The molecule has 0 saturated heterocycles. The monoisotopic (exact) mass is 230 g/mol. The summed E-state index contributed by atoms with van der Waals surface area (Å²) in [5.41, 5.74) is 5.34. The van der Waals surface area contributed by atoms with Crippen LogP contribution in [0, 0.1) is 5.82 Å². The number of benzene rings is 1. The van der Waals surface area contributed by atoms with Crippen molar-refractivity contribution in [2.45, 2.75) is 13.0 Å². The van der Waals surface area contributed by atoms with E-state index >= 15 is 0 Å². The molecule has 1 aromatic carbocycles. The fourth-order valence-electron chi connectivity index (χ4n) is 1.31. The Labute approximate surface area is 92.4 Å². The molecule has 0 spiro atoms. The minimum Gasteiger partial charge on any atom is -0.368 e. The van der Waals surface area contributed by atoms with Gasteiger partial charge in [0.05, 0.1) is 5.02 Å². The molecule has 1 unspecified atom stereocenters. The Bertz CT molecular complexity index is 370. The molecule has 1 aromatic rings. The second-order valence-corrected chi connectivity index (χ2v) is 3.44. The Morgan fingerprint density at radius 3 is 2.87 bits per heavy atom. The van der Waals surface area contributed by atoms with Crippen molar-refractivity contribution in [3.05, 3.63) is 34.6 Å². The number of rotatable bonds is 4. The standard InChI is InChI=1S/C10H12ClFN2O/c1-2-14-9(10(13)15)6-4-3-5-7(11)8(6)12/h3-5,9,14H,2H2,1H3,(H2,13,15). The lowest BCUT2D eigenvalue weighted by molar-refractivity contribution is -0.120. The molecule has 1 rings (SSSR count). The molecule has 1 atom stereocenters. The third kappa shape index (κ3) is 2.67. The van der Waals surface area contributed by atoms with E-state index in [2.05, 4.69) is 5.32 Å². The zero-order chi connectivity index (χ0) is 11.4. The second-order valence-electron chi connectivity index (χ2n) is 3.04. The molecular weight excluding hydrogens is 219 g/mol. The summed E-state index contributed by atoms with van der Waals surface area (Å²) in [5, 5.41) is 2.78. The van der Waals surface area contributed by atoms with Gasteiger partial charge in [0, 0.05) is 5.56 Å². The Morgan fingerprint density at radius 1 is 1.67 bits per heavy atom. The van der Waals surface area contributed by atoms with Crippen LogP contribution in [0.3, 0.4) is 0 Å². The van der Waals surface area contributed by atoms with Crippen LogP contribution < -0.4 is 11.1 Å². The zero-order valence-electron chi connectivity index (χ0n) is 8.26. The minimum absolute atomic E-state index is 0.0170. The first-order valence-electron chi connectivity index (χ1n) is 4.54. The number of nitrogens with one attached hydrogen (secondary N) is 1. The van der Waals surface area contributed by atoms with Crippen LogP contribution in [-0.2, 0) is 4.79 Å². The van der Waals surface area contributed by atoms with Crippen molar-refractivity contribution >= 4 is 17.5 Å². The smallest absolute Gasteiger partial charge is 0.239 e. The highest BCUT2D eigenvalue weighted by atomic mass is 35.5. The quantitative estimate of drug-likeness (QED) is 0.826. The van der Waals surface area contributed by atoms with Crippen LogP contribution in [0.5, 0.6) is 0 Å². The van der Waals surface area contributed by atoms with Gasteiger partial charge in [-0.25, -0.2) is 4.39 Å². The van der Waals surface area contributed by atoms with Crippen LogP contribution in [0.25, 0.3) is 0 Å². The van der Waals surface area contributed by atoms with Crippen molar-refractivity contribution in [2.75, 3.05) is 6.54 Å². The highest BCUT2D eigenvalue weighted by Crippen LogP contribution is 2.23. The largest absolute Gasteiger partial charge is 0.368 e. The van der Waals surface area contributed by atoms with Crippen LogP contribution in [0.4, 0.5) is 4.39 Å². The van der Waals surface area contributed by atoms with E-state index < -0.39 is 17.8 Å². The molecule has 3 N–H and O–H groups in total. The molecule has 82 valence electrons. The molecular formula is C10H12ClFN2O. The molecule has 0 fully saturated rings. The summed E-state index contributed by atoms with van der Waals surface area (Å²) >= 11 is 5.61. The normalized spacial score (nSPS) is 12.5. The van der Waals surface area contributed by atoms with Gasteiger partial charge >= 0.3 is 0 Å². The van der Waals surface area contributed by atoms with E-state index in [0.29, 0.717) is 6.54 Å². The summed E-state index contributed by atoms with van der Waals surface area (Å²) in [6, 6.07) is 3.64. The van der Waals surface area contributed by atoms with Gasteiger partial charge in [-0.2, -0.15) is 0 Å². The van der Waals surface area contributed by atoms with Crippen LogP contribution in [0.15, 0.2) is 18.2 Å². The second kappa shape index (κ2) is 5.09. The predicted octanol–water partition coefficient (Wildman–Crippen LogP) is 1.61. The molecule has 0 aliphatic carbocycles. The number of hydrogen-bond acceptors (Lipinski definition) is 2. The fourth-order valence-corrected chi connectivity index (χ4v) is 1.49. The SMILES string of the molecule is CCNC(C(N)=O)c1cccc(Cl)c1F. The van der Waals surface area contributed by atoms with E-state index in [1.807, 2.05) is 0 Å². The van der Waals surface area contributed by atoms with Crippen LogP contribution in [0.2, 0.25) is 5.02 Å². The average molecular weight is 231 g/mol. The fraction of sp³-hybridized carbons (Fsp3) is 0.300. The van der Waals surface area contributed by atoms with Crippen LogP contribution in [0.1, 0.15) is 18.5 Å². The van der Waals surface area contributed by atoms with Gasteiger partial charge in [0.2, 0.25) is 5.91 Å². The lowest BCUT2D eigenvalue weighted by atomic mass is 10.1. The molecule has 15 heavy (non-hydrogen) atoms. The van der Waals surface area contributed by atoms with Crippen molar-refractivity contribution in [3.63, 3.8) is 0 Å². The van der Waals surface area contributed by atoms with E-state index in [1.54, 1.807) is 13.0 Å². The molecule has 0 saturated carbocycles. The minimum atomic E-state index is -0.839. The average Bonchev–Trinajstić information content (AvgIpc) is 2.19. The molecule has 0 bridgehead atoms. The number of hydrogen-bond donors (Lipinski definition) is 2. The number of likely N-dealkylation sites (N-methyl/N-ethyl adjacent to an activating group) is 1. The van der Waals surface area contributed by atoms with Gasteiger partial charge in [-0.3, -0.25) is 4.79 Å². The molecule has 3 nitrogen and oxygen atoms in total. The zero-order valence-corrected chi connectivity index (χ0v) is 9.01. The van der Waals surface area contributed by atoms with E-state index in [9.17, 15) is 9.18 Å². The summed E-state index contributed by atoms with van der Waals surface area (Å²) < 4.78 is 13.6. The molecule has 5 heteroatoms. The van der Waals surface area contributed by atoms with E-state index in [1.165, 1.54) is 12.1 Å². The lowest BCUT2D eigenvalue weighted by Crippen LogP contribution is -2.34. The Kier molecular flexibility index (Phi) is 4.05. The van der Waals surface area contributed by atoms with Crippen LogP contribution >= 0.6 is 11.6 Å². The van der Waals surface area contributed by atoms with Gasteiger partial charge in [0.15, 0.2) is 0 Å². The Balaban J connectivity index is 3.11. The number of amides is 1. The van der Waals surface area contributed by atoms with E-state index in [4.69, 9.17) is 17.3 Å². The molecule has 1 amide bonds. The summed E-state index contributed by atoms with van der Waals surface area (Å²) in [6.07, 6.45) is 0. The van der Waals surface area contributed by atoms with Crippen molar-refractivity contribution in [1.82, 2.24) is 5.32 Å². The molecule has 0 aromatic heterocycles. The third-order valence-corrected chi connectivity index (χ3v) is 2.28. The summed E-state index contributed by atoms with van der Waals surface area (Å²) in [4.78, 5) is 11.1. The summed E-state index contributed by atoms with van der Waals surface area (Å²) in [5.74, 6) is -1.23. The van der Waals surface area contributed by atoms with Gasteiger partial charge in [-0.05, 0) is 12.6 Å². The highest BCUT2D eigenvalue weighted by Gasteiger charge is 2.21. The number of halogens is 2. The summed E-state index contributed by atoms with van der Waals surface area (Å²) in [6.45, 7) is 2.32. The van der Waals surface area contributed by atoms with Gasteiger partial charge in [-0.15, -0.1) is 0 Å². The van der Waals surface area contributed by atoms with E-state index in [0.717, 1.165) is 0 Å². The topological polar surface area (TPSA) is 55.1 Å². The van der Waals surface area contributed by atoms with Crippen LogP contribution in [-0.4, -0.2) is 12.5 Å². The molecule has 0 heterocycles. The number of carbonyl (C=O) groups is 1. The van der Waals surface area contributed by atoms with Gasteiger partial charge in [-0.1, -0.05) is 30.7 Å². The first kappa shape index (κ1) is 11.9. The number of primary amides is 1. The molecule has 0 aliphatic rings. The Morgan fingerprint density at radius 2 is 2.33 bits per heavy atom. The van der Waals surface area contributed by atoms with Crippen molar-refractivity contribution in [3.8, 4) is 0 Å². The number of carbonyl (C=O) groups excluding carboxylic acids is 1. The maximum Gasteiger partial charge on any atom is 0.239 e. The van der Waals surface area contributed by atoms with Gasteiger partial charge in [0.1, 0.15) is 11.9 Å². The van der Waals surface area contributed by atoms with Gasteiger partial charge in [0.25, 0.3) is 0 Å². The van der Waals surface area contributed by atoms with Crippen molar-refractivity contribution in [1.29, 1.82) is 0 Å². The van der Waals surface area contributed by atoms with Crippen molar-refractivity contribution in [2.24, 2.45) is 5.73 Å². The van der Waals surface area contributed by atoms with Crippen molar-refractivity contribution < 1.29 is 9.18 Å². The van der Waals surface area contributed by atoms with Gasteiger partial charge < -0.3 is 11.1 Å². The maximum absolute atomic E-state index is 13.6. The number of nitrogens with two attached hydrogens (primary N) is 1. The van der Waals surface area contributed by atoms with E-state index in [-0.39, 0.29) is 10.6 Å². The third-order valence-electron chi connectivity index (χ3n) is 1.99. The summed E-state index contributed by atoms with van der Waals surface area (Å²) in [7, 11) is 0. The highest BCUT2D eigenvalue weighted by molar-refractivity contribution is 6.30. The first-order valence-corrected chi connectivity index (χ1v) is 4.92. The first-order chi connectivity index (χ1) is 7.07.